The molecule has 1 atom stereocenters. The highest BCUT2D eigenvalue weighted by Gasteiger charge is 2.21. The minimum atomic E-state index is -0.116. The van der Waals surface area contributed by atoms with E-state index in [1.165, 1.54) is 6.20 Å². The van der Waals surface area contributed by atoms with E-state index in [1.54, 1.807) is 18.1 Å². The van der Waals surface area contributed by atoms with E-state index in [4.69, 9.17) is 4.74 Å². The minimum absolute atomic E-state index is 0.116. The number of amides is 1. The first-order chi connectivity index (χ1) is 9.70. The molecule has 0 aliphatic carbocycles. The summed E-state index contributed by atoms with van der Waals surface area (Å²) in [5, 5.41) is 3.13. The molecular formula is C14H22N4O2. The molecule has 0 aromatic carbocycles. The van der Waals surface area contributed by atoms with Gasteiger partial charge in [-0.1, -0.05) is 6.92 Å². The van der Waals surface area contributed by atoms with Crippen molar-refractivity contribution in [2.45, 2.75) is 32.3 Å². The lowest BCUT2D eigenvalue weighted by Gasteiger charge is -2.20. The Morgan fingerprint density at radius 3 is 2.95 bits per heavy atom. The third kappa shape index (κ3) is 3.90. The molecule has 1 saturated heterocycles. The lowest BCUT2D eigenvalue weighted by Crippen LogP contribution is -2.34. The van der Waals surface area contributed by atoms with Gasteiger partial charge in [-0.3, -0.25) is 4.79 Å². The number of likely N-dealkylation sites (N-methyl/N-ethyl adjacent to an activating group) is 1. The van der Waals surface area contributed by atoms with Gasteiger partial charge in [-0.15, -0.1) is 0 Å². The highest BCUT2D eigenvalue weighted by atomic mass is 16.5. The first-order valence-corrected chi connectivity index (χ1v) is 7.13. The summed E-state index contributed by atoms with van der Waals surface area (Å²) in [5.74, 6) is 0.584. The van der Waals surface area contributed by atoms with Gasteiger partial charge in [-0.25, -0.2) is 9.97 Å². The Morgan fingerprint density at radius 2 is 2.35 bits per heavy atom. The summed E-state index contributed by atoms with van der Waals surface area (Å²) >= 11 is 0. The number of aromatic nitrogens is 2. The number of carbonyl (C=O) groups is 1. The van der Waals surface area contributed by atoms with Crippen LogP contribution in [0.15, 0.2) is 12.4 Å². The van der Waals surface area contributed by atoms with E-state index in [1.807, 2.05) is 0 Å². The molecule has 20 heavy (non-hydrogen) atoms. The van der Waals surface area contributed by atoms with Crippen molar-refractivity contribution in [1.29, 1.82) is 0 Å². The van der Waals surface area contributed by atoms with Crippen LogP contribution in [0.4, 0.5) is 5.82 Å². The van der Waals surface area contributed by atoms with Crippen molar-refractivity contribution in [2.75, 3.05) is 32.1 Å². The molecule has 2 rings (SSSR count). The van der Waals surface area contributed by atoms with Gasteiger partial charge in [0.1, 0.15) is 11.5 Å². The molecule has 1 fully saturated rings. The van der Waals surface area contributed by atoms with Crippen LogP contribution >= 0.6 is 0 Å². The van der Waals surface area contributed by atoms with Crippen LogP contribution in [0.5, 0.6) is 0 Å². The molecule has 1 N–H and O–H groups in total. The van der Waals surface area contributed by atoms with Gasteiger partial charge in [0.2, 0.25) is 0 Å². The Hall–Kier alpha value is -1.69. The third-order valence-corrected chi connectivity index (χ3v) is 3.28. The number of anilines is 1. The van der Waals surface area contributed by atoms with Crippen LogP contribution in [0, 0.1) is 0 Å². The molecule has 2 heterocycles. The lowest BCUT2D eigenvalue weighted by molar-refractivity contribution is 0.0582. The number of ether oxygens (including phenoxy) is 1. The second-order valence-corrected chi connectivity index (χ2v) is 5.03. The molecule has 0 bridgehead atoms. The summed E-state index contributed by atoms with van der Waals surface area (Å²) in [5.41, 5.74) is 0.368. The largest absolute Gasteiger partial charge is 0.376 e. The Morgan fingerprint density at radius 1 is 1.50 bits per heavy atom. The number of carbonyl (C=O) groups excluding carboxylic acids is 1. The predicted molar refractivity (Wildman–Crippen MR) is 76.7 cm³/mol. The van der Waals surface area contributed by atoms with Crippen LogP contribution in [-0.2, 0) is 4.74 Å². The van der Waals surface area contributed by atoms with E-state index in [0.29, 0.717) is 18.1 Å². The van der Waals surface area contributed by atoms with E-state index in [2.05, 4.69) is 22.2 Å². The van der Waals surface area contributed by atoms with Crippen molar-refractivity contribution in [3.8, 4) is 0 Å². The van der Waals surface area contributed by atoms with Gasteiger partial charge < -0.3 is 15.0 Å². The van der Waals surface area contributed by atoms with Gasteiger partial charge >= 0.3 is 0 Å². The predicted octanol–water partition coefficient (Wildman–Crippen LogP) is 1.55. The molecule has 6 nitrogen and oxygen atoms in total. The molecule has 1 aliphatic heterocycles. The van der Waals surface area contributed by atoms with E-state index in [9.17, 15) is 4.79 Å². The highest BCUT2D eigenvalue weighted by molar-refractivity contribution is 5.91. The molecule has 0 saturated carbocycles. The topological polar surface area (TPSA) is 67.4 Å². The first kappa shape index (κ1) is 14.7. The quantitative estimate of drug-likeness (QED) is 0.855. The summed E-state index contributed by atoms with van der Waals surface area (Å²) in [6.45, 7) is 4.33. The molecule has 1 aromatic rings. The maximum absolute atomic E-state index is 12.2. The average Bonchev–Trinajstić information content (AvgIpc) is 2.97. The summed E-state index contributed by atoms with van der Waals surface area (Å²) in [4.78, 5) is 22.2. The van der Waals surface area contributed by atoms with Crippen LogP contribution in [0.25, 0.3) is 0 Å². The van der Waals surface area contributed by atoms with Gasteiger partial charge in [0.25, 0.3) is 5.91 Å². The SMILES string of the molecule is CCCNc1cnc(C(=O)N(C)CC2CCCO2)cn1. The molecule has 1 aliphatic rings. The highest BCUT2D eigenvalue weighted by Crippen LogP contribution is 2.13. The van der Waals surface area contributed by atoms with E-state index >= 15 is 0 Å². The number of hydrogen-bond acceptors (Lipinski definition) is 5. The number of nitrogens with one attached hydrogen (secondary N) is 1. The zero-order chi connectivity index (χ0) is 14.4. The molecule has 0 radical (unpaired) electrons. The Bertz CT molecular complexity index is 429. The van der Waals surface area contributed by atoms with Gasteiger partial charge in [-0.05, 0) is 19.3 Å². The molecule has 6 heteroatoms. The van der Waals surface area contributed by atoms with Gasteiger partial charge in [0, 0.05) is 26.7 Å². The van der Waals surface area contributed by atoms with Crippen molar-refractivity contribution < 1.29 is 9.53 Å². The summed E-state index contributed by atoms with van der Waals surface area (Å²) in [6.07, 6.45) is 6.39. The van der Waals surface area contributed by atoms with Gasteiger partial charge in [0.05, 0.1) is 18.5 Å². The first-order valence-electron chi connectivity index (χ1n) is 7.13. The van der Waals surface area contributed by atoms with E-state index in [0.717, 1.165) is 32.4 Å². The maximum atomic E-state index is 12.2. The molecular weight excluding hydrogens is 256 g/mol. The van der Waals surface area contributed by atoms with Crippen LogP contribution < -0.4 is 5.32 Å². The van der Waals surface area contributed by atoms with Gasteiger partial charge in [-0.2, -0.15) is 0 Å². The number of nitrogens with zero attached hydrogens (tertiary/aromatic N) is 3. The Labute approximate surface area is 119 Å². The van der Waals surface area contributed by atoms with Crippen LogP contribution in [0.1, 0.15) is 36.7 Å². The normalized spacial score (nSPS) is 18.0. The Balaban J connectivity index is 1.90. The average molecular weight is 278 g/mol. The van der Waals surface area contributed by atoms with Crippen molar-refractivity contribution in [1.82, 2.24) is 14.9 Å². The zero-order valence-electron chi connectivity index (χ0n) is 12.1. The van der Waals surface area contributed by atoms with E-state index < -0.39 is 0 Å². The maximum Gasteiger partial charge on any atom is 0.273 e. The standard InChI is InChI=1S/C14H22N4O2/c1-3-6-15-13-9-16-12(8-17-13)14(19)18(2)10-11-5-4-7-20-11/h8-9,11H,3-7,10H2,1-2H3,(H,15,17). The van der Waals surface area contributed by atoms with Crippen molar-refractivity contribution in [3.63, 3.8) is 0 Å². The lowest BCUT2D eigenvalue weighted by atomic mass is 10.2. The smallest absolute Gasteiger partial charge is 0.273 e. The fourth-order valence-corrected chi connectivity index (χ4v) is 2.16. The molecule has 110 valence electrons. The molecule has 0 spiro atoms. The zero-order valence-corrected chi connectivity index (χ0v) is 12.1. The monoisotopic (exact) mass is 278 g/mol. The summed E-state index contributed by atoms with van der Waals surface area (Å²) in [6, 6.07) is 0. The molecule has 1 aromatic heterocycles. The van der Waals surface area contributed by atoms with Crippen LogP contribution in [-0.4, -0.2) is 53.6 Å². The fraction of sp³-hybridized carbons (Fsp3) is 0.643. The van der Waals surface area contributed by atoms with Crippen LogP contribution in [0.3, 0.4) is 0 Å². The van der Waals surface area contributed by atoms with Crippen LogP contribution in [0.2, 0.25) is 0 Å². The number of rotatable bonds is 6. The molecule has 1 unspecified atom stereocenters. The number of hydrogen-bond donors (Lipinski definition) is 1. The van der Waals surface area contributed by atoms with Crippen molar-refractivity contribution in [3.05, 3.63) is 18.1 Å². The summed E-state index contributed by atoms with van der Waals surface area (Å²) in [7, 11) is 1.77. The molecule has 1 amide bonds. The third-order valence-electron chi connectivity index (χ3n) is 3.28. The summed E-state index contributed by atoms with van der Waals surface area (Å²) < 4.78 is 5.53. The van der Waals surface area contributed by atoms with Crippen molar-refractivity contribution in [2.24, 2.45) is 0 Å². The Kier molecular flexibility index (Phi) is 5.29. The second-order valence-electron chi connectivity index (χ2n) is 5.03. The fourth-order valence-electron chi connectivity index (χ4n) is 2.16. The van der Waals surface area contributed by atoms with E-state index in [-0.39, 0.29) is 12.0 Å². The minimum Gasteiger partial charge on any atom is -0.376 e. The second kappa shape index (κ2) is 7.19. The van der Waals surface area contributed by atoms with Crippen molar-refractivity contribution >= 4 is 11.7 Å². The van der Waals surface area contributed by atoms with Gasteiger partial charge in [0.15, 0.2) is 0 Å².